The molecule has 2 heterocycles. The highest BCUT2D eigenvalue weighted by molar-refractivity contribution is 7.22. The maximum absolute atomic E-state index is 13.7. The monoisotopic (exact) mass is 447 g/mol. The third kappa shape index (κ3) is 4.31. The van der Waals surface area contributed by atoms with Crippen LogP contribution in [0.5, 0.6) is 5.75 Å². The lowest BCUT2D eigenvalue weighted by atomic mass is 10.1. The molecule has 1 amide bonds. The summed E-state index contributed by atoms with van der Waals surface area (Å²) in [6.45, 7) is 2.61. The highest BCUT2D eigenvalue weighted by Crippen LogP contribution is 2.35. The van der Waals surface area contributed by atoms with Crippen LogP contribution in [0.1, 0.15) is 33.3 Å². The molecule has 0 saturated carbocycles. The van der Waals surface area contributed by atoms with Gasteiger partial charge in [0.1, 0.15) is 11.3 Å². The van der Waals surface area contributed by atoms with E-state index in [0.29, 0.717) is 28.7 Å². The number of ether oxygens (including phenoxy) is 2. The predicted molar refractivity (Wildman–Crippen MR) is 123 cm³/mol. The fourth-order valence-corrected chi connectivity index (χ4v) is 4.26. The molecule has 4 rings (SSSR count). The van der Waals surface area contributed by atoms with Crippen molar-refractivity contribution in [3.05, 3.63) is 83.7 Å². The minimum absolute atomic E-state index is 0.193. The Morgan fingerprint density at radius 3 is 2.50 bits per heavy atom. The van der Waals surface area contributed by atoms with Gasteiger partial charge in [0.25, 0.3) is 5.91 Å². The van der Waals surface area contributed by atoms with E-state index in [2.05, 4.69) is 4.98 Å². The largest absolute Gasteiger partial charge is 0.492 e. The number of thiazole rings is 1. The number of carbonyl (C=O) groups excluding carboxylic acids is 2. The first-order valence-corrected chi connectivity index (χ1v) is 10.9. The first-order chi connectivity index (χ1) is 15.6. The van der Waals surface area contributed by atoms with Crippen molar-refractivity contribution in [2.75, 3.05) is 18.6 Å². The lowest BCUT2D eigenvalue weighted by Gasteiger charge is -2.20. The molecule has 0 fully saturated rings. The summed E-state index contributed by atoms with van der Waals surface area (Å²) in [5.74, 6) is -0.281. The van der Waals surface area contributed by atoms with Crippen LogP contribution in [0.15, 0.2) is 66.9 Å². The Balaban J connectivity index is 1.82. The van der Waals surface area contributed by atoms with Gasteiger partial charge >= 0.3 is 5.97 Å². The van der Waals surface area contributed by atoms with Gasteiger partial charge in [-0.1, -0.05) is 35.6 Å². The fraction of sp³-hybridized carbons (Fsp3) is 0.167. The minimum Gasteiger partial charge on any atom is -0.492 e. The zero-order valence-corrected chi connectivity index (χ0v) is 18.5. The lowest BCUT2D eigenvalue weighted by molar-refractivity contribution is 0.0597. The Hall–Kier alpha value is -3.78. The highest BCUT2D eigenvalue weighted by atomic mass is 32.1. The first-order valence-electron chi connectivity index (χ1n) is 10.0. The molecule has 7 nitrogen and oxygen atoms in total. The number of hydrogen-bond acceptors (Lipinski definition) is 7. The molecule has 0 unspecified atom stereocenters. The Morgan fingerprint density at radius 1 is 1.00 bits per heavy atom. The van der Waals surface area contributed by atoms with Crippen molar-refractivity contribution in [1.29, 1.82) is 0 Å². The van der Waals surface area contributed by atoms with Crippen molar-refractivity contribution in [3.63, 3.8) is 0 Å². The number of nitrogens with zero attached hydrogens (tertiary/aromatic N) is 3. The van der Waals surface area contributed by atoms with Crippen LogP contribution in [0.25, 0.3) is 10.2 Å². The maximum atomic E-state index is 13.7. The van der Waals surface area contributed by atoms with E-state index >= 15 is 0 Å². The van der Waals surface area contributed by atoms with Crippen LogP contribution in [-0.2, 0) is 11.3 Å². The Morgan fingerprint density at radius 2 is 1.78 bits per heavy atom. The number of carbonyl (C=O) groups is 2. The molecular weight excluding hydrogens is 426 g/mol. The molecule has 162 valence electrons. The van der Waals surface area contributed by atoms with Gasteiger partial charge in [-0.25, -0.2) is 9.78 Å². The molecule has 0 saturated heterocycles. The van der Waals surface area contributed by atoms with E-state index in [1.165, 1.54) is 23.3 Å². The van der Waals surface area contributed by atoms with Crippen molar-refractivity contribution in [3.8, 4) is 5.75 Å². The fourth-order valence-electron chi connectivity index (χ4n) is 3.28. The molecule has 0 spiro atoms. The second kappa shape index (κ2) is 9.57. The van der Waals surface area contributed by atoms with Crippen LogP contribution in [0.3, 0.4) is 0 Å². The van der Waals surface area contributed by atoms with Gasteiger partial charge in [-0.2, -0.15) is 0 Å². The number of benzene rings is 2. The maximum Gasteiger partial charge on any atom is 0.338 e. The number of rotatable bonds is 7. The van der Waals surface area contributed by atoms with Crippen LogP contribution in [0.4, 0.5) is 5.13 Å². The predicted octanol–water partition coefficient (Wildman–Crippen LogP) is 4.72. The summed E-state index contributed by atoms with van der Waals surface area (Å²) in [4.78, 5) is 36.6. The van der Waals surface area contributed by atoms with Crippen LogP contribution < -0.4 is 9.64 Å². The van der Waals surface area contributed by atoms with Crippen LogP contribution in [0.2, 0.25) is 0 Å². The van der Waals surface area contributed by atoms with E-state index in [9.17, 15) is 9.59 Å². The van der Waals surface area contributed by atoms with E-state index in [0.717, 1.165) is 4.70 Å². The van der Waals surface area contributed by atoms with Crippen molar-refractivity contribution in [2.45, 2.75) is 13.5 Å². The Bertz CT molecular complexity index is 1260. The van der Waals surface area contributed by atoms with E-state index in [4.69, 9.17) is 14.5 Å². The molecule has 0 aliphatic heterocycles. The van der Waals surface area contributed by atoms with Crippen molar-refractivity contribution >= 4 is 38.6 Å². The number of para-hydroxylation sites is 1. The average Bonchev–Trinajstić information content (AvgIpc) is 3.27. The van der Waals surface area contributed by atoms with Gasteiger partial charge in [-0.05, 0) is 43.3 Å². The number of fused-ring (bicyclic) bond motifs is 1. The average molecular weight is 448 g/mol. The zero-order chi connectivity index (χ0) is 22.5. The van der Waals surface area contributed by atoms with E-state index < -0.39 is 5.97 Å². The number of pyridine rings is 1. The van der Waals surface area contributed by atoms with E-state index in [1.807, 2.05) is 43.3 Å². The number of methoxy groups -OCH3 is 1. The zero-order valence-electron chi connectivity index (χ0n) is 17.6. The van der Waals surface area contributed by atoms with Gasteiger partial charge in [0.2, 0.25) is 0 Å². The second-order valence-corrected chi connectivity index (χ2v) is 7.79. The van der Waals surface area contributed by atoms with Gasteiger partial charge < -0.3 is 9.47 Å². The molecule has 0 radical (unpaired) electrons. The third-order valence-electron chi connectivity index (χ3n) is 4.76. The van der Waals surface area contributed by atoms with Gasteiger partial charge in [-0.15, -0.1) is 0 Å². The number of esters is 1. The minimum atomic E-state index is -0.574. The molecule has 0 N–H and O–H groups in total. The molecule has 0 atom stereocenters. The summed E-state index contributed by atoms with van der Waals surface area (Å²) in [6.07, 6.45) is 1.67. The number of aromatic nitrogens is 2. The molecule has 0 bridgehead atoms. The SMILES string of the molecule is CCOc1cccc2sc(N(Cc3ccccn3)C(=O)c3ccccc3C(=O)OC)nc12. The summed E-state index contributed by atoms with van der Waals surface area (Å²) in [5, 5.41) is 0.488. The highest BCUT2D eigenvalue weighted by Gasteiger charge is 2.26. The molecular formula is C24H21N3O4S. The second-order valence-electron chi connectivity index (χ2n) is 6.78. The Kier molecular flexibility index (Phi) is 6.42. The molecule has 0 aliphatic carbocycles. The number of anilines is 1. The summed E-state index contributed by atoms with van der Waals surface area (Å²) in [7, 11) is 1.29. The number of hydrogen-bond donors (Lipinski definition) is 0. The first kappa shape index (κ1) is 21.5. The molecule has 32 heavy (non-hydrogen) atoms. The third-order valence-corrected chi connectivity index (χ3v) is 5.80. The molecule has 8 heteroatoms. The number of amides is 1. The normalized spacial score (nSPS) is 10.7. The Labute approximate surface area is 189 Å². The smallest absolute Gasteiger partial charge is 0.338 e. The van der Waals surface area contributed by atoms with Crippen molar-refractivity contribution < 1.29 is 19.1 Å². The van der Waals surface area contributed by atoms with Gasteiger partial charge in [0, 0.05) is 6.20 Å². The standard InChI is InChI=1S/C24H21N3O4S/c1-3-31-19-12-8-13-20-21(19)26-24(32-20)27(15-16-9-6-7-14-25-16)22(28)17-10-4-5-11-18(17)23(29)30-2/h4-14H,3,15H2,1-2H3. The summed E-state index contributed by atoms with van der Waals surface area (Å²) < 4.78 is 11.5. The van der Waals surface area contributed by atoms with Gasteiger partial charge in [0.15, 0.2) is 5.13 Å². The molecule has 2 aromatic carbocycles. The van der Waals surface area contributed by atoms with Crippen LogP contribution in [-0.4, -0.2) is 35.6 Å². The topological polar surface area (TPSA) is 81.6 Å². The van der Waals surface area contributed by atoms with Crippen molar-refractivity contribution in [2.24, 2.45) is 0 Å². The van der Waals surface area contributed by atoms with Crippen LogP contribution >= 0.6 is 11.3 Å². The van der Waals surface area contributed by atoms with Gasteiger partial charge in [0.05, 0.1) is 41.8 Å². The van der Waals surface area contributed by atoms with Crippen molar-refractivity contribution in [1.82, 2.24) is 9.97 Å². The van der Waals surface area contributed by atoms with Crippen LogP contribution in [0, 0.1) is 0 Å². The molecule has 0 aliphatic rings. The summed E-state index contributed by atoms with van der Waals surface area (Å²) in [5.41, 5.74) is 1.82. The molecule has 2 aromatic heterocycles. The summed E-state index contributed by atoms with van der Waals surface area (Å²) >= 11 is 1.38. The van der Waals surface area contributed by atoms with E-state index in [-0.39, 0.29) is 23.6 Å². The van der Waals surface area contributed by atoms with Gasteiger partial charge in [-0.3, -0.25) is 14.7 Å². The quantitative estimate of drug-likeness (QED) is 0.381. The molecule has 4 aromatic rings. The van der Waals surface area contributed by atoms with E-state index in [1.54, 1.807) is 30.5 Å². The summed E-state index contributed by atoms with van der Waals surface area (Å²) in [6, 6.07) is 17.8. The lowest BCUT2D eigenvalue weighted by Crippen LogP contribution is -2.32.